The summed E-state index contributed by atoms with van der Waals surface area (Å²) >= 11 is 0. The molecule has 1 amide bonds. The van der Waals surface area contributed by atoms with Crippen molar-refractivity contribution in [3.05, 3.63) is 65.2 Å². The summed E-state index contributed by atoms with van der Waals surface area (Å²) in [6.45, 7) is 2.42. The molecule has 1 fully saturated rings. The Labute approximate surface area is 163 Å². The number of hydrogen-bond acceptors (Lipinski definition) is 3. The number of benzene rings is 2. The summed E-state index contributed by atoms with van der Waals surface area (Å²) in [6.07, 6.45) is 0.795. The van der Waals surface area contributed by atoms with Crippen LogP contribution in [-0.2, 0) is 21.4 Å². The molecule has 0 spiro atoms. The van der Waals surface area contributed by atoms with E-state index in [9.17, 15) is 22.0 Å². The number of carbonyl (C=O) groups excluding carboxylic acids is 1. The van der Waals surface area contributed by atoms with Gasteiger partial charge < -0.3 is 5.32 Å². The molecule has 0 aliphatic carbocycles. The van der Waals surface area contributed by atoms with Crippen molar-refractivity contribution in [2.24, 2.45) is 5.92 Å². The lowest BCUT2D eigenvalue weighted by molar-refractivity contribution is -0.126. The second kappa shape index (κ2) is 8.36. The summed E-state index contributed by atoms with van der Waals surface area (Å²) in [5.41, 5.74) is 1.32. The van der Waals surface area contributed by atoms with Crippen LogP contribution in [0.2, 0.25) is 0 Å². The van der Waals surface area contributed by atoms with Gasteiger partial charge in [0.25, 0.3) is 0 Å². The summed E-state index contributed by atoms with van der Waals surface area (Å²) in [7, 11) is -3.57. The highest BCUT2D eigenvalue weighted by Gasteiger charge is 2.31. The number of halogens is 2. The van der Waals surface area contributed by atoms with Crippen LogP contribution in [-0.4, -0.2) is 31.7 Å². The molecule has 2 aromatic rings. The first-order chi connectivity index (χ1) is 13.3. The molecule has 2 aromatic carbocycles. The van der Waals surface area contributed by atoms with Crippen molar-refractivity contribution in [1.82, 2.24) is 9.62 Å². The highest BCUT2D eigenvalue weighted by atomic mass is 32.2. The van der Waals surface area contributed by atoms with Gasteiger partial charge >= 0.3 is 0 Å². The fourth-order valence-electron chi connectivity index (χ4n) is 3.26. The van der Waals surface area contributed by atoms with E-state index in [-0.39, 0.29) is 36.4 Å². The van der Waals surface area contributed by atoms with E-state index in [0.717, 1.165) is 11.6 Å². The minimum Gasteiger partial charge on any atom is -0.352 e. The minimum absolute atomic E-state index is 0.0232. The number of aryl methyl sites for hydroxylation is 1. The molecule has 1 saturated heterocycles. The zero-order valence-corrected chi connectivity index (χ0v) is 16.3. The van der Waals surface area contributed by atoms with E-state index in [0.29, 0.717) is 18.4 Å². The van der Waals surface area contributed by atoms with E-state index in [1.165, 1.54) is 16.4 Å². The zero-order valence-electron chi connectivity index (χ0n) is 15.5. The SMILES string of the molecule is Cc1ccc(S(=O)(=O)N2CCC(C(=O)NCc3cc(F)cc(F)c3)CC2)cc1. The monoisotopic (exact) mass is 408 g/mol. The second-order valence-corrected chi connectivity index (χ2v) is 8.92. The van der Waals surface area contributed by atoms with Crippen LogP contribution >= 0.6 is 0 Å². The maximum atomic E-state index is 13.2. The van der Waals surface area contributed by atoms with Crippen LogP contribution in [0.4, 0.5) is 8.78 Å². The Balaban J connectivity index is 1.55. The van der Waals surface area contributed by atoms with Gasteiger partial charge in [-0.15, -0.1) is 0 Å². The largest absolute Gasteiger partial charge is 0.352 e. The van der Waals surface area contributed by atoms with Gasteiger partial charge in [0.2, 0.25) is 15.9 Å². The summed E-state index contributed by atoms with van der Waals surface area (Å²) < 4.78 is 53.2. The third-order valence-electron chi connectivity index (χ3n) is 4.87. The Morgan fingerprint density at radius 2 is 1.64 bits per heavy atom. The fourth-order valence-corrected chi connectivity index (χ4v) is 4.73. The van der Waals surface area contributed by atoms with Crippen molar-refractivity contribution >= 4 is 15.9 Å². The Morgan fingerprint density at radius 1 is 1.07 bits per heavy atom. The summed E-state index contributed by atoms with van der Waals surface area (Å²) in [4.78, 5) is 12.6. The normalized spacial score (nSPS) is 16.1. The molecule has 0 atom stereocenters. The molecule has 1 aliphatic rings. The van der Waals surface area contributed by atoms with Gasteiger partial charge in [0, 0.05) is 31.6 Å². The number of amides is 1. The van der Waals surface area contributed by atoms with Crippen LogP contribution < -0.4 is 5.32 Å². The average molecular weight is 408 g/mol. The first kappa shape index (κ1) is 20.4. The standard InChI is InChI=1S/C20H22F2N2O3S/c1-14-2-4-19(5-3-14)28(26,27)24-8-6-16(7-9-24)20(25)23-13-15-10-17(21)12-18(22)11-15/h2-5,10-12,16H,6-9,13H2,1H3,(H,23,25). The minimum atomic E-state index is -3.57. The Hall–Kier alpha value is -2.32. The Bertz CT molecular complexity index is 934. The van der Waals surface area contributed by atoms with Crippen molar-refractivity contribution in [2.75, 3.05) is 13.1 Å². The van der Waals surface area contributed by atoms with Gasteiger partial charge in [0.15, 0.2) is 0 Å². The molecule has 0 saturated carbocycles. The summed E-state index contributed by atoms with van der Waals surface area (Å²) in [5, 5.41) is 2.67. The smallest absolute Gasteiger partial charge is 0.243 e. The van der Waals surface area contributed by atoms with E-state index < -0.39 is 21.7 Å². The number of rotatable bonds is 5. The topological polar surface area (TPSA) is 66.5 Å². The maximum Gasteiger partial charge on any atom is 0.243 e. The van der Waals surface area contributed by atoms with E-state index in [4.69, 9.17) is 0 Å². The molecule has 0 unspecified atom stereocenters. The first-order valence-corrected chi connectivity index (χ1v) is 10.5. The number of hydrogen-bond donors (Lipinski definition) is 1. The van der Waals surface area contributed by atoms with Crippen LogP contribution in [0.15, 0.2) is 47.4 Å². The number of piperidine rings is 1. The number of carbonyl (C=O) groups is 1. The van der Waals surface area contributed by atoms with Gasteiger partial charge in [0.05, 0.1) is 4.90 Å². The van der Waals surface area contributed by atoms with Crippen molar-refractivity contribution in [3.8, 4) is 0 Å². The summed E-state index contributed by atoms with van der Waals surface area (Å²) in [5.74, 6) is -1.96. The highest BCUT2D eigenvalue weighted by molar-refractivity contribution is 7.89. The molecule has 1 N–H and O–H groups in total. The van der Waals surface area contributed by atoms with E-state index in [2.05, 4.69) is 5.32 Å². The molecular weight excluding hydrogens is 386 g/mol. The third kappa shape index (κ3) is 4.74. The highest BCUT2D eigenvalue weighted by Crippen LogP contribution is 2.24. The molecule has 1 heterocycles. The lowest BCUT2D eigenvalue weighted by Crippen LogP contribution is -2.42. The molecule has 0 bridgehead atoms. The molecule has 8 heteroatoms. The van der Waals surface area contributed by atoms with E-state index in [1.54, 1.807) is 24.3 Å². The van der Waals surface area contributed by atoms with Crippen LogP contribution in [0.5, 0.6) is 0 Å². The fraction of sp³-hybridized carbons (Fsp3) is 0.350. The van der Waals surface area contributed by atoms with Crippen LogP contribution in [0.25, 0.3) is 0 Å². The average Bonchev–Trinajstić information content (AvgIpc) is 2.66. The van der Waals surface area contributed by atoms with Gasteiger partial charge in [-0.3, -0.25) is 4.79 Å². The predicted molar refractivity (Wildman–Crippen MR) is 101 cm³/mol. The lowest BCUT2D eigenvalue weighted by Gasteiger charge is -2.30. The lowest BCUT2D eigenvalue weighted by atomic mass is 9.97. The molecule has 0 aromatic heterocycles. The predicted octanol–water partition coefficient (Wildman–Crippen LogP) is 2.99. The molecule has 1 aliphatic heterocycles. The molecule has 0 radical (unpaired) electrons. The number of sulfonamides is 1. The number of nitrogens with one attached hydrogen (secondary N) is 1. The van der Waals surface area contributed by atoms with Gasteiger partial charge in [-0.05, 0) is 49.6 Å². The second-order valence-electron chi connectivity index (χ2n) is 6.99. The maximum absolute atomic E-state index is 13.2. The van der Waals surface area contributed by atoms with Gasteiger partial charge in [-0.2, -0.15) is 4.31 Å². The molecule has 3 rings (SSSR count). The molecule has 5 nitrogen and oxygen atoms in total. The van der Waals surface area contributed by atoms with Crippen LogP contribution in [0, 0.1) is 24.5 Å². The Morgan fingerprint density at radius 3 is 2.21 bits per heavy atom. The quantitative estimate of drug-likeness (QED) is 0.827. The van der Waals surface area contributed by atoms with Crippen molar-refractivity contribution < 1.29 is 22.0 Å². The van der Waals surface area contributed by atoms with Gasteiger partial charge in [-0.1, -0.05) is 17.7 Å². The first-order valence-electron chi connectivity index (χ1n) is 9.05. The van der Waals surface area contributed by atoms with Crippen LogP contribution in [0.3, 0.4) is 0 Å². The van der Waals surface area contributed by atoms with Crippen molar-refractivity contribution in [3.63, 3.8) is 0 Å². The Kier molecular flexibility index (Phi) is 6.10. The van der Waals surface area contributed by atoms with Gasteiger partial charge in [-0.25, -0.2) is 17.2 Å². The third-order valence-corrected chi connectivity index (χ3v) is 6.79. The van der Waals surface area contributed by atoms with E-state index >= 15 is 0 Å². The zero-order chi connectivity index (χ0) is 20.3. The van der Waals surface area contributed by atoms with Gasteiger partial charge in [0.1, 0.15) is 11.6 Å². The molecule has 28 heavy (non-hydrogen) atoms. The number of nitrogens with zero attached hydrogens (tertiary/aromatic N) is 1. The summed E-state index contributed by atoms with van der Waals surface area (Å²) in [6, 6.07) is 9.78. The van der Waals surface area contributed by atoms with E-state index in [1.807, 2.05) is 6.92 Å². The van der Waals surface area contributed by atoms with Crippen LogP contribution in [0.1, 0.15) is 24.0 Å². The van der Waals surface area contributed by atoms with Crippen molar-refractivity contribution in [1.29, 1.82) is 0 Å². The van der Waals surface area contributed by atoms with Crippen molar-refractivity contribution in [2.45, 2.75) is 31.2 Å². The molecule has 150 valence electrons. The molecular formula is C20H22F2N2O3S.